The molecule has 2 N–H and O–H groups in total. The molecule has 1 heterocycles. The van der Waals surface area contributed by atoms with Crippen LogP contribution in [-0.2, 0) is 6.42 Å². The van der Waals surface area contributed by atoms with E-state index in [0.717, 1.165) is 24.2 Å². The SMILES string of the molecule is CCCNc1nc(C)cc(Oc2ccccc2CCO)n1. The Morgan fingerprint density at radius 1 is 1.24 bits per heavy atom. The summed E-state index contributed by atoms with van der Waals surface area (Å²) in [6.07, 6.45) is 1.56. The van der Waals surface area contributed by atoms with Crippen LogP contribution in [0.5, 0.6) is 11.6 Å². The van der Waals surface area contributed by atoms with Crippen LogP contribution in [0.4, 0.5) is 5.95 Å². The van der Waals surface area contributed by atoms with Crippen LogP contribution in [0.1, 0.15) is 24.6 Å². The fourth-order valence-corrected chi connectivity index (χ4v) is 1.95. The summed E-state index contributed by atoms with van der Waals surface area (Å²) in [5, 5.41) is 12.3. The fraction of sp³-hybridized carbons (Fsp3) is 0.375. The van der Waals surface area contributed by atoms with Gasteiger partial charge in [0.05, 0.1) is 0 Å². The lowest BCUT2D eigenvalue weighted by molar-refractivity contribution is 0.297. The Bertz CT molecular complexity index is 587. The maximum Gasteiger partial charge on any atom is 0.226 e. The molecule has 0 fully saturated rings. The normalized spacial score (nSPS) is 10.4. The molecule has 0 aliphatic heterocycles. The first-order chi connectivity index (χ1) is 10.2. The van der Waals surface area contributed by atoms with Crippen LogP contribution in [-0.4, -0.2) is 28.2 Å². The lowest BCUT2D eigenvalue weighted by atomic mass is 10.1. The molecule has 5 heteroatoms. The Morgan fingerprint density at radius 3 is 2.81 bits per heavy atom. The number of hydrogen-bond donors (Lipinski definition) is 2. The number of rotatable bonds is 7. The Morgan fingerprint density at radius 2 is 2.05 bits per heavy atom. The number of hydrogen-bond acceptors (Lipinski definition) is 5. The van der Waals surface area contributed by atoms with Crippen molar-refractivity contribution in [2.45, 2.75) is 26.7 Å². The number of nitrogens with one attached hydrogen (secondary N) is 1. The van der Waals surface area contributed by atoms with Crippen molar-refractivity contribution in [1.82, 2.24) is 9.97 Å². The number of anilines is 1. The minimum atomic E-state index is 0.0898. The zero-order valence-corrected chi connectivity index (χ0v) is 12.5. The average Bonchev–Trinajstić information content (AvgIpc) is 2.47. The van der Waals surface area contributed by atoms with E-state index in [9.17, 15) is 0 Å². The summed E-state index contributed by atoms with van der Waals surface area (Å²) >= 11 is 0. The minimum absolute atomic E-state index is 0.0898. The van der Waals surface area contributed by atoms with Gasteiger partial charge in [-0.25, -0.2) is 4.98 Å². The van der Waals surface area contributed by atoms with E-state index in [1.165, 1.54) is 0 Å². The zero-order valence-electron chi connectivity index (χ0n) is 12.5. The maximum atomic E-state index is 9.10. The van der Waals surface area contributed by atoms with Gasteiger partial charge in [-0.2, -0.15) is 4.98 Å². The van der Waals surface area contributed by atoms with Gasteiger partial charge in [0.2, 0.25) is 11.8 Å². The predicted molar refractivity (Wildman–Crippen MR) is 82.9 cm³/mol. The largest absolute Gasteiger partial charge is 0.439 e. The molecule has 0 radical (unpaired) electrons. The molecule has 21 heavy (non-hydrogen) atoms. The lowest BCUT2D eigenvalue weighted by Crippen LogP contribution is -2.06. The molecule has 1 aromatic carbocycles. The zero-order chi connectivity index (χ0) is 15.1. The summed E-state index contributed by atoms with van der Waals surface area (Å²) in [6.45, 7) is 4.91. The number of nitrogens with zero attached hydrogens (tertiary/aromatic N) is 2. The van der Waals surface area contributed by atoms with E-state index in [2.05, 4.69) is 22.2 Å². The van der Waals surface area contributed by atoms with Crippen molar-refractivity contribution in [1.29, 1.82) is 0 Å². The summed E-state index contributed by atoms with van der Waals surface area (Å²) in [5.74, 6) is 1.80. The van der Waals surface area contributed by atoms with Crippen LogP contribution in [0.2, 0.25) is 0 Å². The second-order valence-corrected chi connectivity index (χ2v) is 4.78. The van der Waals surface area contributed by atoms with Crippen molar-refractivity contribution in [3.63, 3.8) is 0 Å². The third-order valence-corrected chi connectivity index (χ3v) is 2.93. The van der Waals surface area contributed by atoms with Gasteiger partial charge < -0.3 is 15.2 Å². The average molecular weight is 287 g/mol. The highest BCUT2D eigenvalue weighted by Gasteiger charge is 2.07. The molecule has 1 aromatic heterocycles. The summed E-state index contributed by atoms with van der Waals surface area (Å²) in [5.41, 5.74) is 1.80. The van der Waals surface area contributed by atoms with Gasteiger partial charge >= 0.3 is 0 Å². The summed E-state index contributed by atoms with van der Waals surface area (Å²) in [4.78, 5) is 8.69. The molecular formula is C16H21N3O2. The first-order valence-corrected chi connectivity index (χ1v) is 7.19. The third kappa shape index (κ3) is 4.43. The molecule has 2 rings (SSSR count). The third-order valence-electron chi connectivity index (χ3n) is 2.93. The van der Waals surface area contributed by atoms with E-state index >= 15 is 0 Å². The first kappa shape index (κ1) is 15.3. The molecule has 0 aliphatic carbocycles. The van der Waals surface area contributed by atoms with E-state index in [1.807, 2.05) is 31.2 Å². The fourth-order valence-electron chi connectivity index (χ4n) is 1.95. The van der Waals surface area contributed by atoms with Gasteiger partial charge in [0.1, 0.15) is 5.75 Å². The van der Waals surface area contributed by atoms with E-state index in [1.54, 1.807) is 6.07 Å². The number of ether oxygens (including phenoxy) is 1. The molecule has 5 nitrogen and oxygen atoms in total. The monoisotopic (exact) mass is 287 g/mol. The van der Waals surface area contributed by atoms with Gasteiger partial charge in [0, 0.05) is 24.9 Å². The van der Waals surface area contributed by atoms with Crippen molar-refractivity contribution < 1.29 is 9.84 Å². The Labute approximate surface area is 125 Å². The molecule has 0 unspecified atom stereocenters. The van der Waals surface area contributed by atoms with E-state index in [0.29, 0.717) is 24.0 Å². The minimum Gasteiger partial charge on any atom is -0.439 e. The second-order valence-electron chi connectivity index (χ2n) is 4.78. The number of para-hydroxylation sites is 1. The van der Waals surface area contributed by atoms with E-state index < -0.39 is 0 Å². The van der Waals surface area contributed by atoms with Gasteiger partial charge in [-0.05, 0) is 31.4 Å². The highest BCUT2D eigenvalue weighted by molar-refractivity contribution is 5.38. The van der Waals surface area contributed by atoms with Gasteiger partial charge in [0.15, 0.2) is 0 Å². The highest BCUT2D eigenvalue weighted by Crippen LogP contribution is 2.25. The Hall–Kier alpha value is -2.14. The number of benzene rings is 1. The van der Waals surface area contributed by atoms with Crippen LogP contribution in [0, 0.1) is 6.92 Å². The molecule has 112 valence electrons. The van der Waals surface area contributed by atoms with Gasteiger partial charge in [-0.1, -0.05) is 25.1 Å². The van der Waals surface area contributed by atoms with Gasteiger partial charge in [0.25, 0.3) is 0 Å². The summed E-state index contributed by atoms with van der Waals surface area (Å²) in [7, 11) is 0. The number of aliphatic hydroxyl groups is 1. The highest BCUT2D eigenvalue weighted by atomic mass is 16.5. The van der Waals surface area contributed by atoms with Crippen molar-refractivity contribution in [2.75, 3.05) is 18.5 Å². The molecule has 2 aromatic rings. The van der Waals surface area contributed by atoms with Crippen LogP contribution in [0.25, 0.3) is 0 Å². The molecule has 0 saturated carbocycles. The topological polar surface area (TPSA) is 67.3 Å². The molecule has 0 saturated heterocycles. The van der Waals surface area contributed by atoms with Crippen LogP contribution in [0.3, 0.4) is 0 Å². The van der Waals surface area contributed by atoms with Gasteiger partial charge in [-0.3, -0.25) is 0 Å². The molecule has 0 bridgehead atoms. The van der Waals surface area contributed by atoms with Crippen molar-refractivity contribution >= 4 is 5.95 Å². The molecule has 0 amide bonds. The second kappa shape index (κ2) is 7.59. The first-order valence-electron chi connectivity index (χ1n) is 7.19. The standard InChI is InChI=1S/C16H21N3O2/c1-3-9-17-16-18-12(2)11-15(19-16)21-14-7-5-4-6-13(14)8-10-20/h4-7,11,20H,3,8-10H2,1-2H3,(H,17,18,19). The Balaban J connectivity index is 2.21. The lowest BCUT2D eigenvalue weighted by Gasteiger charge is -2.11. The quantitative estimate of drug-likeness (QED) is 0.819. The Kier molecular flexibility index (Phi) is 5.51. The summed E-state index contributed by atoms with van der Waals surface area (Å²) < 4.78 is 5.86. The number of aromatic nitrogens is 2. The van der Waals surface area contributed by atoms with E-state index in [4.69, 9.17) is 9.84 Å². The molecule has 0 aliphatic rings. The van der Waals surface area contributed by atoms with Crippen LogP contribution < -0.4 is 10.1 Å². The van der Waals surface area contributed by atoms with Crippen molar-refractivity contribution in [2.24, 2.45) is 0 Å². The van der Waals surface area contributed by atoms with E-state index in [-0.39, 0.29) is 6.61 Å². The molecule has 0 spiro atoms. The maximum absolute atomic E-state index is 9.10. The number of aliphatic hydroxyl groups excluding tert-OH is 1. The van der Waals surface area contributed by atoms with Crippen molar-refractivity contribution in [3.8, 4) is 11.6 Å². The van der Waals surface area contributed by atoms with Gasteiger partial charge in [-0.15, -0.1) is 0 Å². The smallest absolute Gasteiger partial charge is 0.226 e. The van der Waals surface area contributed by atoms with Crippen LogP contribution in [0.15, 0.2) is 30.3 Å². The molecule has 0 atom stereocenters. The summed E-state index contributed by atoms with van der Waals surface area (Å²) in [6, 6.07) is 9.45. The predicted octanol–water partition coefficient (Wildman–Crippen LogP) is 2.93. The molecular weight excluding hydrogens is 266 g/mol. The van der Waals surface area contributed by atoms with Crippen LogP contribution >= 0.6 is 0 Å². The number of aryl methyl sites for hydroxylation is 1. The van der Waals surface area contributed by atoms with Crippen molar-refractivity contribution in [3.05, 3.63) is 41.6 Å².